The Bertz CT molecular complexity index is 739. The maximum Gasteiger partial charge on any atom is 0.257 e. The van der Waals surface area contributed by atoms with Crippen molar-refractivity contribution in [2.75, 3.05) is 13.2 Å². The molecule has 124 valence electrons. The van der Waals surface area contributed by atoms with E-state index < -0.39 is 0 Å². The highest BCUT2D eigenvalue weighted by Crippen LogP contribution is 2.15. The van der Waals surface area contributed by atoms with Crippen LogP contribution in [0.4, 0.5) is 0 Å². The van der Waals surface area contributed by atoms with Crippen LogP contribution in [0.2, 0.25) is 0 Å². The van der Waals surface area contributed by atoms with Crippen molar-refractivity contribution in [3.05, 3.63) is 70.2 Å². The molecule has 0 unspecified atom stereocenters. The summed E-state index contributed by atoms with van der Waals surface area (Å²) in [5.41, 5.74) is 1.51. The summed E-state index contributed by atoms with van der Waals surface area (Å²) in [6.07, 6.45) is 3.28. The molecule has 2 aromatic carbocycles. The number of carbonyl (C=O) groups excluding carboxylic acids is 2. The van der Waals surface area contributed by atoms with E-state index in [0.29, 0.717) is 17.9 Å². The molecule has 0 aliphatic carbocycles. The average molecular weight is 388 g/mol. The molecule has 2 rings (SSSR count). The summed E-state index contributed by atoms with van der Waals surface area (Å²) < 4.78 is 6.25. The Labute approximate surface area is 149 Å². The van der Waals surface area contributed by atoms with Crippen LogP contribution >= 0.6 is 15.9 Å². The summed E-state index contributed by atoms with van der Waals surface area (Å²) in [5.74, 6) is 0.394. The Morgan fingerprint density at radius 1 is 1.17 bits per heavy atom. The summed E-state index contributed by atoms with van der Waals surface area (Å²) >= 11 is 3.35. The van der Waals surface area contributed by atoms with Crippen molar-refractivity contribution in [3.8, 4) is 5.75 Å². The number of likely N-dealkylation sites (N-methyl/N-ethyl adjacent to an activating group) is 1. The van der Waals surface area contributed by atoms with Gasteiger partial charge >= 0.3 is 0 Å². The predicted molar refractivity (Wildman–Crippen MR) is 98.1 cm³/mol. The summed E-state index contributed by atoms with van der Waals surface area (Å²) in [5, 5.41) is 2.66. The lowest BCUT2D eigenvalue weighted by atomic mass is 10.1. The molecule has 4 nitrogen and oxygen atoms in total. The van der Waals surface area contributed by atoms with Crippen LogP contribution in [-0.2, 0) is 4.79 Å². The molecule has 0 saturated carbocycles. The molecule has 24 heavy (non-hydrogen) atoms. The molecule has 0 spiro atoms. The first-order valence-corrected chi connectivity index (χ1v) is 8.35. The summed E-state index contributed by atoms with van der Waals surface area (Å²) in [7, 11) is 0. The fourth-order valence-corrected chi connectivity index (χ4v) is 2.38. The zero-order valence-corrected chi connectivity index (χ0v) is 14.9. The number of rotatable bonds is 7. The van der Waals surface area contributed by atoms with Crippen molar-refractivity contribution in [2.45, 2.75) is 6.92 Å². The smallest absolute Gasteiger partial charge is 0.257 e. The molecule has 0 fully saturated rings. The zero-order valence-electron chi connectivity index (χ0n) is 13.3. The van der Waals surface area contributed by atoms with Gasteiger partial charge in [0.05, 0.1) is 0 Å². The van der Waals surface area contributed by atoms with E-state index in [2.05, 4.69) is 21.2 Å². The van der Waals surface area contributed by atoms with E-state index in [4.69, 9.17) is 4.74 Å². The van der Waals surface area contributed by atoms with Crippen LogP contribution in [0.5, 0.6) is 5.75 Å². The van der Waals surface area contributed by atoms with Crippen LogP contribution < -0.4 is 10.1 Å². The van der Waals surface area contributed by atoms with Crippen LogP contribution in [0.25, 0.3) is 6.08 Å². The van der Waals surface area contributed by atoms with Crippen LogP contribution in [0.1, 0.15) is 22.8 Å². The lowest BCUT2D eigenvalue weighted by molar-refractivity contribution is -0.122. The number of benzene rings is 2. The number of ether oxygens (including phenoxy) is 1. The molecule has 0 aliphatic heterocycles. The van der Waals surface area contributed by atoms with Crippen molar-refractivity contribution < 1.29 is 14.3 Å². The number of allylic oxidation sites excluding steroid dienone is 1. The van der Waals surface area contributed by atoms with E-state index in [1.54, 1.807) is 30.3 Å². The number of halogens is 1. The van der Waals surface area contributed by atoms with Crippen molar-refractivity contribution in [1.82, 2.24) is 5.32 Å². The third-order valence-corrected chi connectivity index (χ3v) is 3.65. The molecule has 2 aromatic rings. The van der Waals surface area contributed by atoms with Crippen LogP contribution in [0.3, 0.4) is 0 Å². The van der Waals surface area contributed by atoms with Crippen molar-refractivity contribution in [3.63, 3.8) is 0 Å². The van der Waals surface area contributed by atoms with E-state index in [-0.39, 0.29) is 18.3 Å². The largest absolute Gasteiger partial charge is 0.484 e. The van der Waals surface area contributed by atoms with E-state index >= 15 is 0 Å². The van der Waals surface area contributed by atoms with E-state index in [1.165, 1.54) is 6.08 Å². The summed E-state index contributed by atoms with van der Waals surface area (Å²) in [6.45, 7) is 2.43. The van der Waals surface area contributed by atoms with Gasteiger partial charge in [0, 0.05) is 16.6 Å². The number of carbonyl (C=O) groups is 2. The molecule has 0 saturated heterocycles. The molecule has 0 radical (unpaired) electrons. The lowest BCUT2D eigenvalue weighted by Crippen LogP contribution is -2.28. The van der Waals surface area contributed by atoms with Gasteiger partial charge in [-0.2, -0.15) is 0 Å². The van der Waals surface area contributed by atoms with E-state index in [0.717, 1.165) is 10.0 Å². The van der Waals surface area contributed by atoms with Gasteiger partial charge in [-0.25, -0.2) is 0 Å². The molecule has 0 atom stereocenters. The van der Waals surface area contributed by atoms with Gasteiger partial charge < -0.3 is 10.1 Å². The third kappa shape index (κ3) is 5.66. The molecular weight excluding hydrogens is 370 g/mol. The minimum absolute atomic E-state index is 0.00953. The van der Waals surface area contributed by atoms with Gasteiger partial charge in [-0.15, -0.1) is 0 Å². The molecular formula is C19H18BrNO3. The van der Waals surface area contributed by atoms with Crippen molar-refractivity contribution in [1.29, 1.82) is 0 Å². The second kappa shape index (κ2) is 9.03. The summed E-state index contributed by atoms with van der Waals surface area (Å²) in [4.78, 5) is 23.4. The quantitative estimate of drug-likeness (QED) is 0.579. The standard InChI is InChI=1S/C19H18BrNO3/c1-2-21-19(23)13-24-17-9-6-14(7-10-17)8-11-18(22)15-4-3-5-16(20)12-15/h3-12H,2,13H2,1H3,(H,21,23)/b11-8+. The number of hydrogen-bond acceptors (Lipinski definition) is 3. The molecule has 1 amide bonds. The van der Waals surface area contributed by atoms with Crippen molar-refractivity contribution >= 4 is 33.7 Å². The molecule has 0 heterocycles. The Morgan fingerprint density at radius 2 is 1.92 bits per heavy atom. The third-order valence-electron chi connectivity index (χ3n) is 3.16. The highest BCUT2D eigenvalue weighted by atomic mass is 79.9. The molecule has 0 aromatic heterocycles. The maximum absolute atomic E-state index is 12.1. The molecule has 0 aliphatic rings. The number of nitrogens with one attached hydrogen (secondary N) is 1. The van der Waals surface area contributed by atoms with Crippen LogP contribution in [0, 0.1) is 0 Å². The first-order chi connectivity index (χ1) is 11.6. The zero-order chi connectivity index (χ0) is 17.4. The highest BCUT2D eigenvalue weighted by molar-refractivity contribution is 9.10. The van der Waals surface area contributed by atoms with Gasteiger partial charge in [0.1, 0.15) is 5.75 Å². The second-order valence-electron chi connectivity index (χ2n) is 5.02. The lowest BCUT2D eigenvalue weighted by Gasteiger charge is -2.06. The van der Waals surface area contributed by atoms with E-state index in [1.807, 2.05) is 31.2 Å². The number of hydrogen-bond donors (Lipinski definition) is 1. The second-order valence-corrected chi connectivity index (χ2v) is 5.93. The van der Waals surface area contributed by atoms with Gasteiger partial charge in [-0.1, -0.05) is 46.3 Å². The van der Waals surface area contributed by atoms with Crippen molar-refractivity contribution in [2.24, 2.45) is 0 Å². The monoisotopic (exact) mass is 387 g/mol. The van der Waals surface area contributed by atoms with Gasteiger partial charge in [0.25, 0.3) is 5.91 Å². The normalized spacial score (nSPS) is 10.6. The Morgan fingerprint density at radius 3 is 2.58 bits per heavy atom. The topological polar surface area (TPSA) is 55.4 Å². The predicted octanol–water partition coefficient (Wildman–Crippen LogP) is 3.86. The van der Waals surface area contributed by atoms with Gasteiger partial charge in [0.2, 0.25) is 0 Å². The minimum atomic E-state index is -0.152. The van der Waals surface area contributed by atoms with Gasteiger partial charge in [0.15, 0.2) is 12.4 Å². The minimum Gasteiger partial charge on any atom is -0.484 e. The fourth-order valence-electron chi connectivity index (χ4n) is 1.98. The molecule has 1 N–H and O–H groups in total. The van der Waals surface area contributed by atoms with Crippen LogP contribution in [0.15, 0.2) is 59.1 Å². The van der Waals surface area contributed by atoms with E-state index in [9.17, 15) is 9.59 Å². The Balaban J connectivity index is 1.93. The Hall–Kier alpha value is -2.40. The average Bonchev–Trinajstić information content (AvgIpc) is 2.59. The van der Waals surface area contributed by atoms with Gasteiger partial charge in [-0.3, -0.25) is 9.59 Å². The Kier molecular flexibility index (Phi) is 6.75. The molecule has 0 bridgehead atoms. The SMILES string of the molecule is CCNC(=O)COc1ccc(/C=C/C(=O)c2cccc(Br)c2)cc1. The maximum atomic E-state index is 12.1. The van der Waals surface area contributed by atoms with Gasteiger partial charge in [-0.05, 0) is 42.8 Å². The fraction of sp³-hybridized carbons (Fsp3) is 0.158. The summed E-state index contributed by atoms with van der Waals surface area (Å²) in [6, 6.07) is 14.5. The number of amides is 1. The highest BCUT2D eigenvalue weighted by Gasteiger charge is 2.03. The number of ketones is 1. The molecule has 5 heteroatoms. The first-order valence-electron chi connectivity index (χ1n) is 7.56. The first kappa shape index (κ1) is 17.9. The van der Waals surface area contributed by atoms with Crippen LogP contribution in [-0.4, -0.2) is 24.8 Å².